The Hall–Kier alpha value is -1.99. The number of nitrogens with zero attached hydrogens (tertiary/aromatic N) is 1. The number of carbonyl (C=O) groups is 1. The molecule has 0 saturated heterocycles. The summed E-state index contributed by atoms with van der Waals surface area (Å²) in [5.74, 6) is 5.82. The molecule has 0 saturated carbocycles. The second-order valence-corrected chi connectivity index (χ2v) is 4.03. The van der Waals surface area contributed by atoms with E-state index >= 15 is 0 Å². The van der Waals surface area contributed by atoms with Crippen LogP contribution in [-0.2, 0) is 11.3 Å². The molecular weight excluding hydrogens is 242 g/mol. The number of rotatable bonds is 4. The van der Waals surface area contributed by atoms with E-state index in [-0.39, 0.29) is 12.7 Å². The Labute approximate surface area is 114 Å². The van der Waals surface area contributed by atoms with Crippen molar-refractivity contribution in [2.75, 3.05) is 20.3 Å². The van der Waals surface area contributed by atoms with Gasteiger partial charge in [0.1, 0.15) is 0 Å². The van der Waals surface area contributed by atoms with Crippen molar-refractivity contribution in [3.63, 3.8) is 0 Å². The number of amides is 1. The first kappa shape index (κ1) is 15.1. The Morgan fingerprint density at radius 2 is 2.05 bits per heavy atom. The molecule has 0 radical (unpaired) electrons. The van der Waals surface area contributed by atoms with Crippen LogP contribution in [0.5, 0.6) is 0 Å². The highest BCUT2D eigenvalue weighted by Crippen LogP contribution is 2.07. The van der Waals surface area contributed by atoms with Crippen LogP contribution < -0.4 is 0 Å². The Balaban J connectivity index is 2.57. The molecule has 0 heterocycles. The van der Waals surface area contributed by atoms with Gasteiger partial charge in [0.05, 0.1) is 13.2 Å². The third-order valence-corrected chi connectivity index (χ3v) is 2.42. The first-order chi connectivity index (χ1) is 9.17. The quantitative estimate of drug-likeness (QED) is 0.843. The van der Waals surface area contributed by atoms with Gasteiger partial charge in [-0.05, 0) is 24.6 Å². The lowest BCUT2D eigenvalue weighted by molar-refractivity contribution is 0.114. The van der Waals surface area contributed by atoms with Gasteiger partial charge in [-0.25, -0.2) is 4.79 Å². The van der Waals surface area contributed by atoms with Crippen LogP contribution in [-0.4, -0.2) is 36.4 Å². The van der Waals surface area contributed by atoms with Crippen LogP contribution in [0.1, 0.15) is 24.5 Å². The van der Waals surface area contributed by atoms with Crippen LogP contribution in [0.4, 0.5) is 4.79 Å². The van der Waals surface area contributed by atoms with E-state index in [1.807, 2.05) is 24.3 Å². The lowest BCUT2D eigenvalue weighted by atomic mass is 10.1. The molecule has 0 aromatic heterocycles. The topological polar surface area (TPSA) is 49.8 Å². The van der Waals surface area contributed by atoms with Gasteiger partial charge in [0.25, 0.3) is 0 Å². The number of hydrogen-bond acceptors (Lipinski definition) is 3. The molecule has 19 heavy (non-hydrogen) atoms. The Kier molecular flexibility index (Phi) is 6.48. The van der Waals surface area contributed by atoms with Crippen molar-refractivity contribution >= 4 is 6.09 Å². The predicted molar refractivity (Wildman–Crippen MR) is 73.5 cm³/mol. The van der Waals surface area contributed by atoms with Gasteiger partial charge in [-0.1, -0.05) is 24.0 Å². The molecule has 0 aliphatic carbocycles. The monoisotopic (exact) mass is 261 g/mol. The lowest BCUT2D eigenvalue weighted by Gasteiger charge is -2.16. The number of hydrogen-bond donors (Lipinski definition) is 1. The normalized spacial score (nSPS) is 9.42. The smallest absolute Gasteiger partial charge is 0.409 e. The molecule has 1 N–H and O–H groups in total. The van der Waals surface area contributed by atoms with E-state index in [0.717, 1.165) is 11.1 Å². The minimum Gasteiger partial charge on any atom is -0.450 e. The molecule has 0 bridgehead atoms. The van der Waals surface area contributed by atoms with E-state index in [9.17, 15) is 4.79 Å². The van der Waals surface area contributed by atoms with Crippen LogP contribution in [0.2, 0.25) is 0 Å². The number of benzene rings is 1. The van der Waals surface area contributed by atoms with Gasteiger partial charge in [-0.3, -0.25) is 0 Å². The molecule has 0 aliphatic heterocycles. The first-order valence-electron chi connectivity index (χ1n) is 6.24. The van der Waals surface area contributed by atoms with Gasteiger partial charge in [0.15, 0.2) is 0 Å². The molecule has 4 heteroatoms. The van der Waals surface area contributed by atoms with Crippen LogP contribution in [0, 0.1) is 11.8 Å². The summed E-state index contributed by atoms with van der Waals surface area (Å²) in [6.07, 6.45) is 0.155. The number of aliphatic hydroxyl groups excluding tert-OH is 1. The molecule has 1 aromatic rings. The molecule has 1 amide bonds. The van der Waals surface area contributed by atoms with Gasteiger partial charge < -0.3 is 14.7 Å². The minimum absolute atomic E-state index is 0.0788. The van der Waals surface area contributed by atoms with E-state index in [2.05, 4.69) is 11.8 Å². The van der Waals surface area contributed by atoms with Crippen LogP contribution in [0.15, 0.2) is 24.3 Å². The van der Waals surface area contributed by atoms with Crippen molar-refractivity contribution in [3.05, 3.63) is 35.4 Å². The zero-order valence-corrected chi connectivity index (χ0v) is 11.3. The van der Waals surface area contributed by atoms with Gasteiger partial charge in [-0.2, -0.15) is 0 Å². The van der Waals surface area contributed by atoms with Crippen molar-refractivity contribution < 1.29 is 14.6 Å². The fourth-order valence-corrected chi connectivity index (χ4v) is 1.49. The summed E-state index contributed by atoms with van der Waals surface area (Å²) >= 11 is 0. The first-order valence-corrected chi connectivity index (χ1v) is 6.24. The van der Waals surface area contributed by atoms with E-state index in [1.54, 1.807) is 14.0 Å². The molecule has 0 spiro atoms. The third-order valence-electron chi connectivity index (χ3n) is 2.42. The Bertz CT molecular complexity index is 457. The highest BCUT2D eigenvalue weighted by Gasteiger charge is 2.08. The fourth-order valence-electron chi connectivity index (χ4n) is 1.49. The average molecular weight is 261 g/mol. The Morgan fingerprint density at radius 3 is 2.63 bits per heavy atom. The summed E-state index contributed by atoms with van der Waals surface area (Å²) < 4.78 is 4.91. The summed E-state index contributed by atoms with van der Waals surface area (Å²) in [5.41, 5.74) is 1.92. The van der Waals surface area contributed by atoms with Crippen LogP contribution in [0.25, 0.3) is 0 Å². The summed E-state index contributed by atoms with van der Waals surface area (Å²) in [7, 11) is 1.70. The molecule has 0 fully saturated rings. The van der Waals surface area contributed by atoms with E-state index in [4.69, 9.17) is 9.84 Å². The molecule has 4 nitrogen and oxygen atoms in total. The Morgan fingerprint density at radius 1 is 1.37 bits per heavy atom. The maximum Gasteiger partial charge on any atom is 0.409 e. The average Bonchev–Trinajstić information content (AvgIpc) is 2.41. The van der Waals surface area contributed by atoms with Crippen molar-refractivity contribution in [1.29, 1.82) is 0 Å². The highest BCUT2D eigenvalue weighted by molar-refractivity contribution is 5.67. The largest absolute Gasteiger partial charge is 0.450 e. The van der Waals surface area contributed by atoms with Gasteiger partial charge in [0, 0.05) is 25.6 Å². The van der Waals surface area contributed by atoms with Gasteiger partial charge >= 0.3 is 6.09 Å². The SMILES string of the molecule is CCOC(=O)N(C)Cc1ccc(C#CCCO)cc1. The summed E-state index contributed by atoms with van der Waals surface area (Å²) in [4.78, 5) is 13.0. The standard InChI is InChI=1S/C15H19NO3/c1-3-19-15(18)16(2)12-14-9-7-13(8-10-14)6-4-5-11-17/h7-10,17H,3,5,11-12H2,1-2H3. The van der Waals surface area contributed by atoms with Crippen molar-refractivity contribution in [3.8, 4) is 11.8 Å². The fraction of sp³-hybridized carbons (Fsp3) is 0.400. The zero-order chi connectivity index (χ0) is 14.1. The predicted octanol–water partition coefficient (Wildman–Crippen LogP) is 2.01. The minimum atomic E-state index is -0.325. The molecule has 0 aliphatic rings. The number of aliphatic hydroxyl groups is 1. The summed E-state index contributed by atoms with van der Waals surface area (Å²) in [5, 5.41) is 8.63. The van der Waals surface area contributed by atoms with Crippen molar-refractivity contribution in [2.45, 2.75) is 19.9 Å². The summed E-state index contributed by atoms with van der Waals surface area (Å²) in [6, 6.07) is 7.66. The van der Waals surface area contributed by atoms with E-state index < -0.39 is 0 Å². The van der Waals surface area contributed by atoms with E-state index in [1.165, 1.54) is 4.90 Å². The van der Waals surface area contributed by atoms with Crippen molar-refractivity contribution in [2.24, 2.45) is 0 Å². The number of carbonyl (C=O) groups excluding carboxylic acids is 1. The molecule has 1 rings (SSSR count). The molecular formula is C15H19NO3. The highest BCUT2D eigenvalue weighted by atomic mass is 16.5. The zero-order valence-electron chi connectivity index (χ0n) is 11.3. The third kappa shape index (κ3) is 5.45. The molecule has 0 unspecified atom stereocenters. The van der Waals surface area contributed by atoms with Gasteiger partial charge in [0.2, 0.25) is 0 Å². The number of ether oxygens (including phenoxy) is 1. The molecule has 0 atom stereocenters. The summed E-state index contributed by atoms with van der Waals surface area (Å²) in [6.45, 7) is 2.74. The molecule has 1 aromatic carbocycles. The second-order valence-electron chi connectivity index (χ2n) is 4.03. The second kappa shape index (κ2) is 8.17. The van der Waals surface area contributed by atoms with Gasteiger partial charge in [-0.15, -0.1) is 0 Å². The lowest BCUT2D eigenvalue weighted by Crippen LogP contribution is -2.26. The van der Waals surface area contributed by atoms with E-state index in [0.29, 0.717) is 19.6 Å². The van der Waals surface area contributed by atoms with Crippen LogP contribution >= 0.6 is 0 Å². The maximum absolute atomic E-state index is 11.4. The van der Waals surface area contributed by atoms with Crippen molar-refractivity contribution in [1.82, 2.24) is 4.90 Å². The molecule has 102 valence electrons. The maximum atomic E-state index is 11.4. The van der Waals surface area contributed by atoms with Crippen LogP contribution in [0.3, 0.4) is 0 Å².